The summed E-state index contributed by atoms with van der Waals surface area (Å²) in [5.41, 5.74) is 0. The van der Waals surface area contributed by atoms with Crippen LogP contribution in [0.25, 0.3) is 0 Å². The van der Waals surface area contributed by atoms with E-state index in [2.05, 4.69) is 9.47 Å². The van der Waals surface area contributed by atoms with Gasteiger partial charge in [-0.3, -0.25) is 0 Å². The van der Waals surface area contributed by atoms with Crippen LogP contribution in [-0.2, 0) is 9.47 Å². The fourth-order valence-corrected chi connectivity index (χ4v) is 1.36. The van der Waals surface area contributed by atoms with Gasteiger partial charge in [0.2, 0.25) is 5.79 Å². The van der Waals surface area contributed by atoms with Gasteiger partial charge in [0.15, 0.2) is 12.4 Å². The largest absolute Gasteiger partial charge is 0.394 e. The van der Waals surface area contributed by atoms with Crippen molar-refractivity contribution < 1.29 is 35.0 Å². The van der Waals surface area contributed by atoms with Crippen LogP contribution in [0.4, 0.5) is 0 Å². The molecule has 0 aromatic rings. The molecule has 0 aliphatic carbocycles. The van der Waals surface area contributed by atoms with Gasteiger partial charge in [-0.05, 0) is 0 Å². The molecule has 0 aromatic heterocycles. The first-order chi connectivity index (χ1) is 6.47. The van der Waals surface area contributed by atoms with Gasteiger partial charge in [0, 0.05) is 7.11 Å². The summed E-state index contributed by atoms with van der Waals surface area (Å²) in [5, 5.41) is 46.2. The number of aliphatic hydroxyl groups excluding tert-OH is 4. The lowest BCUT2D eigenvalue weighted by atomic mass is 9.95. The van der Waals surface area contributed by atoms with E-state index in [1.165, 1.54) is 0 Å². The van der Waals surface area contributed by atoms with E-state index in [0.717, 1.165) is 7.11 Å². The van der Waals surface area contributed by atoms with Gasteiger partial charge in [-0.1, -0.05) is 0 Å². The van der Waals surface area contributed by atoms with Crippen LogP contribution in [0.3, 0.4) is 0 Å². The van der Waals surface area contributed by atoms with Crippen molar-refractivity contribution in [1.82, 2.24) is 0 Å². The number of methoxy groups -OCH3 is 1. The summed E-state index contributed by atoms with van der Waals surface area (Å²) in [5.74, 6) is -2.34. The summed E-state index contributed by atoms with van der Waals surface area (Å²) in [7, 11) is 1.05. The van der Waals surface area contributed by atoms with Crippen molar-refractivity contribution in [1.29, 1.82) is 0 Å². The predicted molar refractivity (Wildman–Crippen MR) is 41.9 cm³/mol. The molecule has 7 heteroatoms. The Balaban J connectivity index is 2.89. The molecule has 1 fully saturated rings. The van der Waals surface area contributed by atoms with E-state index in [9.17, 15) is 15.3 Å². The average Bonchev–Trinajstić information content (AvgIpc) is 2.20. The van der Waals surface area contributed by atoms with E-state index in [-0.39, 0.29) is 0 Å². The van der Waals surface area contributed by atoms with E-state index in [4.69, 9.17) is 10.2 Å². The molecule has 1 aliphatic heterocycles. The smallest absolute Gasteiger partial charge is 0.226 e. The van der Waals surface area contributed by atoms with Gasteiger partial charge < -0.3 is 35.0 Å². The lowest BCUT2D eigenvalue weighted by Crippen LogP contribution is -2.67. The normalized spacial score (nSPS) is 49.3. The highest BCUT2D eigenvalue weighted by Crippen LogP contribution is 2.29. The Kier molecular flexibility index (Phi) is 3.43. The van der Waals surface area contributed by atoms with Gasteiger partial charge in [0.1, 0.15) is 12.2 Å². The molecule has 0 aromatic carbocycles. The molecule has 1 heterocycles. The molecular formula is C7H14O7. The number of aliphatic hydroxyl groups is 5. The highest BCUT2D eigenvalue weighted by Gasteiger charge is 2.55. The molecule has 1 unspecified atom stereocenters. The second-order valence-corrected chi connectivity index (χ2v) is 3.09. The quantitative estimate of drug-likeness (QED) is 0.304. The fourth-order valence-electron chi connectivity index (χ4n) is 1.36. The Labute approximate surface area is 80.1 Å². The average molecular weight is 210 g/mol. The van der Waals surface area contributed by atoms with Crippen LogP contribution in [-0.4, -0.2) is 69.6 Å². The molecule has 1 aliphatic rings. The van der Waals surface area contributed by atoms with Crippen LogP contribution in [0, 0.1) is 0 Å². The summed E-state index contributed by atoms with van der Waals surface area (Å²) in [4.78, 5) is 0. The summed E-state index contributed by atoms with van der Waals surface area (Å²) in [6, 6.07) is 0. The maximum Gasteiger partial charge on any atom is 0.226 e. The number of rotatable bonds is 2. The Morgan fingerprint density at radius 3 is 2.29 bits per heavy atom. The highest BCUT2D eigenvalue weighted by atomic mass is 16.7. The molecule has 0 bridgehead atoms. The summed E-state index contributed by atoms with van der Waals surface area (Å²) >= 11 is 0. The molecule has 1 saturated heterocycles. The van der Waals surface area contributed by atoms with Crippen LogP contribution in [0.5, 0.6) is 0 Å². The Bertz CT molecular complexity index is 198. The minimum atomic E-state index is -2.34. The van der Waals surface area contributed by atoms with Crippen molar-refractivity contribution in [2.24, 2.45) is 0 Å². The minimum absolute atomic E-state index is 0.614. The van der Waals surface area contributed by atoms with Crippen molar-refractivity contribution in [3.8, 4) is 0 Å². The van der Waals surface area contributed by atoms with Gasteiger partial charge >= 0.3 is 0 Å². The SMILES string of the molecule is CO[C@]1(O)[C@H](O)C(O)O[C@H](CO)[C@@H]1O. The van der Waals surface area contributed by atoms with Crippen LogP contribution < -0.4 is 0 Å². The van der Waals surface area contributed by atoms with Crippen molar-refractivity contribution >= 4 is 0 Å². The lowest BCUT2D eigenvalue weighted by molar-refractivity contribution is -0.387. The third-order valence-electron chi connectivity index (χ3n) is 2.29. The first kappa shape index (κ1) is 11.8. The van der Waals surface area contributed by atoms with Crippen molar-refractivity contribution in [3.63, 3.8) is 0 Å². The second kappa shape index (κ2) is 4.07. The third kappa shape index (κ3) is 1.63. The van der Waals surface area contributed by atoms with Crippen molar-refractivity contribution in [2.45, 2.75) is 30.4 Å². The number of hydrogen-bond acceptors (Lipinski definition) is 7. The molecule has 0 saturated carbocycles. The van der Waals surface area contributed by atoms with Crippen LogP contribution in [0.2, 0.25) is 0 Å². The fraction of sp³-hybridized carbons (Fsp3) is 1.00. The first-order valence-corrected chi connectivity index (χ1v) is 4.05. The molecule has 14 heavy (non-hydrogen) atoms. The maximum atomic E-state index is 9.62. The molecule has 5 atom stereocenters. The number of ether oxygens (including phenoxy) is 2. The van der Waals surface area contributed by atoms with Crippen LogP contribution in [0.15, 0.2) is 0 Å². The van der Waals surface area contributed by atoms with Gasteiger partial charge in [0.05, 0.1) is 6.61 Å². The van der Waals surface area contributed by atoms with Crippen LogP contribution in [0.1, 0.15) is 0 Å². The molecule has 7 nitrogen and oxygen atoms in total. The van der Waals surface area contributed by atoms with Crippen molar-refractivity contribution in [3.05, 3.63) is 0 Å². The highest BCUT2D eigenvalue weighted by molar-refractivity contribution is 4.95. The second-order valence-electron chi connectivity index (χ2n) is 3.09. The molecular weight excluding hydrogens is 196 g/mol. The topological polar surface area (TPSA) is 120 Å². The standard InChI is InChI=1S/C7H14O7/c1-13-7(12)4(9)3(2-8)14-6(11)5(7)10/h3-6,8-12H,2H2,1H3/t3-,4+,5-,6?,7+/m1/s1. The molecule has 0 radical (unpaired) electrons. The first-order valence-electron chi connectivity index (χ1n) is 4.05. The summed E-state index contributed by atoms with van der Waals surface area (Å²) in [6.45, 7) is -0.614. The number of hydrogen-bond donors (Lipinski definition) is 5. The molecule has 0 spiro atoms. The van der Waals surface area contributed by atoms with Crippen LogP contribution >= 0.6 is 0 Å². The minimum Gasteiger partial charge on any atom is -0.394 e. The summed E-state index contributed by atoms with van der Waals surface area (Å²) in [6.07, 6.45) is -6.37. The van der Waals surface area contributed by atoms with E-state index in [1.807, 2.05) is 0 Å². The predicted octanol–water partition coefficient (Wildman–Crippen LogP) is -3.25. The Hall–Kier alpha value is -0.280. The van der Waals surface area contributed by atoms with Gasteiger partial charge in [-0.2, -0.15) is 0 Å². The zero-order chi connectivity index (χ0) is 10.9. The van der Waals surface area contributed by atoms with E-state index in [0.29, 0.717) is 0 Å². The maximum absolute atomic E-state index is 9.62. The summed E-state index contributed by atoms with van der Waals surface area (Å²) < 4.78 is 9.13. The lowest BCUT2D eigenvalue weighted by Gasteiger charge is -2.44. The van der Waals surface area contributed by atoms with E-state index in [1.54, 1.807) is 0 Å². The van der Waals surface area contributed by atoms with Crippen molar-refractivity contribution in [2.75, 3.05) is 13.7 Å². The monoisotopic (exact) mass is 210 g/mol. The Morgan fingerprint density at radius 2 is 1.86 bits per heavy atom. The molecule has 0 amide bonds. The zero-order valence-electron chi connectivity index (χ0n) is 7.57. The van der Waals surface area contributed by atoms with Gasteiger partial charge in [0.25, 0.3) is 0 Å². The van der Waals surface area contributed by atoms with Gasteiger partial charge in [-0.25, -0.2) is 0 Å². The van der Waals surface area contributed by atoms with E-state index >= 15 is 0 Å². The van der Waals surface area contributed by atoms with E-state index < -0.39 is 37.0 Å². The Morgan fingerprint density at radius 1 is 1.29 bits per heavy atom. The third-order valence-corrected chi connectivity index (χ3v) is 2.29. The van der Waals surface area contributed by atoms with Gasteiger partial charge in [-0.15, -0.1) is 0 Å². The molecule has 5 N–H and O–H groups in total. The molecule has 1 rings (SSSR count). The zero-order valence-corrected chi connectivity index (χ0v) is 7.57. The molecule has 84 valence electrons.